The molecule has 3 rings (SSSR count). The van der Waals surface area contributed by atoms with E-state index in [2.05, 4.69) is 24.1 Å². The Morgan fingerprint density at radius 1 is 1.29 bits per heavy atom. The van der Waals surface area contributed by atoms with E-state index >= 15 is 0 Å². The number of nitrogens with one attached hydrogen (secondary N) is 2. The molecule has 28 heavy (non-hydrogen) atoms. The zero-order valence-electron chi connectivity index (χ0n) is 17.2. The van der Waals surface area contributed by atoms with E-state index in [-0.39, 0.29) is 29.8 Å². The number of urea groups is 1. The van der Waals surface area contributed by atoms with Crippen molar-refractivity contribution in [3.8, 4) is 0 Å². The quantitative estimate of drug-likeness (QED) is 0.829. The van der Waals surface area contributed by atoms with Crippen molar-refractivity contribution in [2.24, 2.45) is 11.8 Å². The minimum absolute atomic E-state index is 0.0126. The van der Waals surface area contributed by atoms with Crippen molar-refractivity contribution in [3.05, 3.63) is 30.1 Å². The number of benzene rings is 1. The summed E-state index contributed by atoms with van der Waals surface area (Å²) >= 11 is 0. The van der Waals surface area contributed by atoms with Gasteiger partial charge in [0, 0.05) is 33.1 Å². The minimum atomic E-state index is -0.147. The lowest BCUT2D eigenvalue weighted by Gasteiger charge is -2.34. The zero-order chi connectivity index (χ0) is 20.3. The second-order valence-corrected chi connectivity index (χ2v) is 7.95. The van der Waals surface area contributed by atoms with Gasteiger partial charge >= 0.3 is 6.03 Å². The van der Waals surface area contributed by atoms with Crippen LogP contribution in [0.25, 0.3) is 11.0 Å². The topological polar surface area (TPSA) is 81.3 Å². The van der Waals surface area contributed by atoms with E-state index in [1.165, 1.54) is 0 Å². The first-order chi connectivity index (χ1) is 13.4. The normalized spacial score (nSPS) is 17.4. The Hall–Kier alpha value is -2.57. The molecule has 2 heterocycles. The molecule has 152 valence electrons. The number of likely N-dealkylation sites (tertiary alicyclic amines) is 1. The van der Waals surface area contributed by atoms with E-state index in [9.17, 15) is 9.59 Å². The second kappa shape index (κ2) is 8.63. The molecule has 2 atom stereocenters. The van der Waals surface area contributed by atoms with Crippen LogP contribution in [-0.2, 0) is 4.79 Å². The molecule has 2 aromatic rings. The Morgan fingerprint density at radius 3 is 2.57 bits per heavy atom. The standard InChI is InChI=1S/C21H31N5O2/c1-5-14(2)18(19-22-16-8-6-7-9-17(16)23-19)24-20(27)15-10-12-26(13-11-15)21(28)25(3)4/h6-9,14-15,18H,5,10-13H2,1-4H3,(H,22,23)(H,24,27). The number of carbonyl (C=O) groups excluding carboxylic acids is 2. The molecule has 0 bridgehead atoms. The van der Waals surface area contributed by atoms with Crippen LogP contribution in [0.4, 0.5) is 4.79 Å². The van der Waals surface area contributed by atoms with Gasteiger partial charge in [-0.15, -0.1) is 0 Å². The van der Waals surface area contributed by atoms with Gasteiger partial charge in [0.05, 0.1) is 17.1 Å². The predicted molar refractivity (Wildman–Crippen MR) is 110 cm³/mol. The summed E-state index contributed by atoms with van der Waals surface area (Å²) in [5.74, 6) is 1.06. The van der Waals surface area contributed by atoms with E-state index in [4.69, 9.17) is 4.98 Å². The van der Waals surface area contributed by atoms with Crippen LogP contribution >= 0.6 is 0 Å². The van der Waals surface area contributed by atoms with Crippen LogP contribution < -0.4 is 5.32 Å². The number of rotatable bonds is 5. The van der Waals surface area contributed by atoms with Gasteiger partial charge < -0.3 is 20.1 Å². The van der Waals surface area contributed by atoms with E-state index in [1.807, 2.05) is 29.2 Å². The van der Waals surface area contributed by atoms with Gasteiger partial charge in [-0.3, -0.25) is 4.79 Å². The van der Waals surface area contributed by atoms with Crippen LogP contribution in [0.5, 0.6) is 0 Å². The van der Waals surface area contributed by atoms with Crippen LogP contribution in [0.15, 0.2) is 24.3 Å². The number of aromatic amines is 1. The highest BCUT2D eigenvalue weighted by Gasteiger charge is 2.31. The molecule has 0 radical (unpaired) electrons. The van der Waals surface area contributed by atoms with Gasteiger partial charge in [-0.1, -0.05) is 32.4 Å². The number of aromatic nitrogens is 2. The number of carbonyl (C=O) groups is 2. The number of fused-ring (bicyclic) bond motifs is 1. The molecule has 1 aromatic carbocycles. The number of hydrogen-bond donors (Lipinski definition) is 2. The van der Waals surface area contributed by atoms with E-state index in [1.54, 1.807) is 19.0 Å². The highest BCUT2D eigenvalue weighted by Crippen LogP contribution is 2.26. The molecule has 1 fully saturated rings. The Bertz CT molecular complexity index is 790. The molecule has 1 aliphatic heterocycles. The third-order valence-electron chi connectivity index (χ3n) is 5.73. The summed E-state index contributed by atoms with van der Waals surface area (Å²) in [6.07, 6.45) is 2.33. The molecule has 7 heteroatoms. The molecule has 3 amide bonds. The monoisotopic (exact) mass is 385 g/mol. The minimum Gasteiger partial charge on any atom is -0.346 e. The smallest absolute Gasteiger partial charge is 0.319 e. The molecule has 7 nitrogen and oxygen atoms in total. The summed E-state index contributed by atoms with van der Waals surface area (Å²) in [5.41, 5.74) is 1.89. The average Bonchev–Trinajstić information content (AvgIpc) is 3.14. The van der Waals surface area contributed by atoms with Crippen molar-refractivity contribution in [2.75, 3.05) is 27.2 Å². The second-order valence-electron chi connectivity index (χ2n) is 7.95. The van der Waals surface area contributed by atoms with Gasteiger partial charge in [0.1, 0.15) is 5.82 Å². The maximum absolute atomic E-state index is 13.0. The molecule has 2 N–H and O–H groups in total. The highest BCUT2D eigenvalue weighted by atomic mass is 16.2. The number of amides is 3. The molecular weight excluding hydrogens is 354 g/mol. The van der Waals surface area contributed by atoms with Crippen molar-refractivity contribution in [1.82, 2.24) is 25.1 Å². The first-order valence-electron chi connectivity index (χ1n) is 10.1. The van der Waals surface area contributed by atoms with E-state index in [0.717, 1.165) is 23.3 Å². The van der Waals surface area contributed by atoms with Crippen molar-refractivity contribution in [2.45, 2.75) is 39.2 Å². The van der Waals surface area contributed by atoms with Gasteiger partial charge in [-0.2, -0.15) is 0 Å². The number of imidazole rings is 1. The molecule has 2 unspecified atom stereocenters. The Kier molecular flexibility index (Phi) is 6.21. The fourth-order valence-corrected chi connectivity index (χ4v) is 3.72. The summed E-state index contributed by atoms with van der Waals surface area (Å²) in [4.78, 5) is 36.5. The summed E-state index contributed by atoms with van der Waals surface area (Å²) in [5, 5.41) is 3.23. The van der Waals surface area contributed by atoms with Gasteiger partial charge in [-0.05, 0) is 30.9 Å². The molecular formula is C21H31N5O2. The van der Waals surface area contributed by atoms with Crippen LogP contribution in [0.3, 0.4) is 0 Å². The largest absolute Gasteiger partial charge is 0.346 e. The first-order valence-corrected chi connectivity index (χ1v) is 10.1. The fraction of sp³-hybridized carbons (Fsp3) is 0.571. The predicted octanol–water partition coefficient (Wildman–Crippen LogP) is 3.16. The molecule has 1 aliphatic rings. The average molecular weight is 386 g/mol. The lowest BCUT2D eigenvalue weighted by molar-refractivity contribution is -0.127. The Balaban J connectivity index is 1.68. The Labute approximate surface area is 166 Å². The van der Waals surface area contributed by atoms with Crippen molar-refractivity contribution >= 4 is 23.0 Å². The third-order valence-corrected chi connectivity index (χ3v) is 5.73. The van der Waals surface area contributed by atoms with E-state index < -0.39 is 0 Å². The molecule has 0 spiro atoms. The van der Waals surface area contributed by atoms with Crippen LogP contribution in [0, 0.1) is 11.8 Å². The first kappa shape index (κ1) is 20.2. The van der Waals surface area contributed by atoms with Gasteiger partial charge in [-0.25, -0.2) is 9.78 Å². The number of hydrogen-bond acceptors (Lipinski definition) is 3. The fourth-order valence-electron chi connectivity index (χ4n) is 3.72. The number of nitrogens with zero attached hydrogens (tertiary/aromatic N) is 3. The number of H-pyrrole nitrogens is 1. The number of piperidine rings is 1. The maximum atomic E-state index is 13.0. The third kappa shape index (κ3) is 4.29. The molecule has 1 aromatic heterocycles. The van der Waals surface area contributed by atoms with Crippen molar-refractivity contribution < 1.29 is 9.59 Å². The van der Waals surface area contributed by atoms with Crippen LogP contribution in [0.1, 0.15) is 45.0 Å². The number of para-hydroxylation sites is 2. The lowest BCUT2D eigenvalue weighted by Crippen LogP contribution is -2.47. The molecule has 0 aliphatic carbocycles. The zero-order valence-corrected chi connectivity index (χ0v) is 17.2. The summed E-state index contributed by atoms with van der Waals surface area (Å²) in [6.45, 7) is 5.50. The SMILES string of the molecule is CCC(C)C(NC(=O)C1CCN(C(=O)N(C)C)CC1)c1nc2ccccc2[nH]1. The van der Waals surface area contributed by atoms with Crippen molar-refractivity contribution in [3.63, 3.8) is 0 Å². The summed E-state index contributed by atoms with van der Waals surface area (Å²) in [6, 6.07) is 7.78. The Morgan fingerprint density at radius 2 is 1.96 bits per heavy atom. The maximum Gasteiger partial charge on any atom is 0.319 e. The van der Waals surface area contributed by atoms with Crippen molar-refractivity contribution in [1.29, 1.82) is 0 Å². The van der Waals surface area contributed by atoms with Gasteiger partial charge in [0.25, 0.3) is 0 Å². The van der Waals surface area contributed by atoms with Crippen LogP contribution in [-0.4, -0.2) is 58.9 Å². The molecule has 0 saturated carbocycles. The summed E-state index contributed by atoms with van der Waals surface area (Å²) in [7, 11) is 3.51. The van der Waals surface area contributed by atoms with Gasteiger partial charge in [0.2, 0.25) is 5.91 Å². The van der Waals surface area contributed by atoms with Gasteiger partial charge in [0.15, 0.2) is 0 Å². The van der Waals surface area contributed by atoms with Crippen LogP contribution in [0.2, 0.25) is 0 Å². The molecule has 1 saturated heterocycles. The summed E-state index contributed by atoms with van der Waals surface area (Å²) < 4.78 is 0. The highest BCUT2D eigenvalue weighted by molar-refractivity contribution is 5.80. The van der Waals surface area contributed by atoms with E-state index in [0.29, 0.717) is 25.9 Å². The lowest BCUT2D eigenvalue weighted by atomic mass is 9.93.